The minimum Gasteiger partial charge on any atom is -0.382 e. The normalized spacial score (nSPS) is 16.0. The van der Waals surface area contributed by atoms with Gasteiger partial charge in [-0.3, -0.25) is 9.80 Å². The Morgan fingerprint density at radius 1 is 1.20 bits per heavy atom. The van der Waals surface area contributed by atoms with E-state index in [1.54, 1.807) is 36.0 Å². The summed E-state index contributed by atoms with van der Waals surface area (Å²) in [4.78, 5) is 31.7. The minimum absolute atomic E-state index is 0.0263. The van der Waals surface area contributed by atoms with Crippen LogP contribution >= 0.6 is 27.3 Å². The van der Waals surface area contributed by atoms with Crippen molar-refractivity contribution in [3.63, 3.8) is 0 Å². The van der Waals surface area contributed by atoms with Crippen molar-refractivity contribution in [2.45, 2.75) is 26.4 Å². The van der Waals surface area contributed by atoms with Crippen molar-refractivity contribution in [3.8, 4) is 11.1 Å². The van der Waals surface area contributed by atoms with Gasteiger partial charge in [-0.2, -0.15) is 0 Å². The molecule has 0 atom stereocenters. The molecule has 0 bridgehead atoms. The van der Waals surface area contributed by atoms with Gasteiger partial charge in [0.05, 0.1) is 23.6 Å². The third-order valence-corrected chi connectivity index (χ3v) is 6.89. The first-order valence-electron chi connectivity index (χ1n) is 9.57. The molecule has 158 valence electrons. The number of carbonyl (C=O) groups is 1. The fraction of sp³-hybridized carbons (Fsp3) is 0.400. The Morgan fingerprint density at radius 2 is 1.90 bits per heavy atom. The van der Waals surface area contributed by atoms with E-state index in [0.717, 1.165) is 25.8 Å². The van der Waals surface area contributed by atoms with Crippen LogP contribution in [0, 0.1) is 0 Å². The maximum atomic E-state index is 12.8. The maximum Gasteiger partial charge on any atom is 0.328 e. The molecule has 3 aromatic rings. The van der Waals surface area contributed by atoms with Gasteiger partial charge in [0.25, 0.3) is 0 Å². The number of hydrogen-bond acceptors (Lipinski definition) is 7. The molecule has 30 heavy (non-hydrogen) atoms. The van der Waals surface area contributed by atoms with E-state index in [9.17, 15) is 9.90 Å². The number of fused-ring (bicyclic) bond motifs is 1. The molecule has 0 saturated carbocycles. The first-order valence-corrected chi connectivity index (χ1v) is 11.2. The Balaban J connectivity index is 1.71. The highest BCUT2D eigenvalue weighted by Gasteiger charge is 2.31. The molecule has 1 aliphatic heterocycles. The number of carbonyl (C=O) groups excluding carboxylic acids is 1. The summed E-state index contributed by atoms with van der Waals surface area (Å²) in [5.74, 6) is 0.371. The Morgan fingerprint density at radius 3 is 2.53 bits per heavy atom. The number of nitrogens with zero attached hydrogens (tertiary/aromatic N) is 6. The van der Waals surface area contributed by atoms with E-state index < -0.39 is 5.60 Å². The summed E-state index contributed by atoms with van der Waals surface area (Å²) < 4.78 is 1.88. The number of halogens is 1. The van der Waals surface area contributed by atoms with E-state index in [-0.39, 0.29) is 6.03 Å². The molecule has 1 N–H and O–H groups in total. The predicted octanol–water partition coefficient (Wildman–Crippen LogP) is 3.85. The number of benzene rings is 1. The fourth-order valence-electron chi connectivity index (χ4n) is 3.30. The molecule has 2 amide bonds. The van der Waals surface area contributed by atoms with Gasteiger partial charge >= 0.3 is 6.03 Å². The smallest absolute Gasteiger partial charge is 0.328 e. The van der Waals surface area contributed by atoms with Gasteiger partial charge in [0.2, 0.25) is 0 Å². The van der Waals surface area contributed by atoms with Crippen molar-refractivity contribution in [3.05, 3.63) is 34.8 Å². The van der Waals surface area contributed by atoms with Gasteiger partial charge in [0.1, 0.15) is 5.60 Å². The Labute approximate surface area is 187 Å². The summed E-state index contributed by atoms with van der Waals surface area (Å²) in [5.41, 5.74) is 1.44. The number of aliphatic hydroxyl groups is 1. The Bertz CT molecular complexity index is 1100. The van der Waals surface area contributed by atoms with Crippen molar-refractivity contribution in [1.82, 2.24) is 24.8 Å². The highest BCUT2D eigenvalue weighted by atomic mass is 79.9. The first-order chi connectivity index (χ1) is 14.2. The summed E-state index contributed by atoms with van der Waals surface area (Å²) >= 11 is 5.13. The SMILES string of the molecule is CCN1CN(C)CN(c2nc3cc(-c4cnc(C(C)(C)O)nc4)cc(Br)c3s2)C1=O. The summed E-state index contributed by atoms with van der Waals surface area (Å²) in [6.07, 6.45) is 3.40. The predicted molar refractivity (Wildman–Crippen MR) is 121 cm³/mol. The van der Waals surface area contributed by atoms with Crippen molar-refractivity contribution < 1.29 is 9.90 Å². The quantitative estimate of drug-likeness (QED) is 0.597. The summed E-state index contributed by atoms with van der Waals surface area (Å²) in [7, 11) is 1.99. The van der Waals surface area contributed by atoms with Crippen LogP contribution in [0.15, 0.2) is 29.0 Å². The number of urea groups is 1. The number of thiazole rings is 1. The topological polar surface area (TPSA) is 85.7 Å². The van der Waals surface area contributed by atoms with Crippen LogP contribution in [-0.2, 0) is 5.60 Å². The fourth-order valence-corrected chi connectivity index (χ4v) is 4.93. The van der Waals surface area contributed by atoms with E-state index in [2.05, 4.69) is 30.8 Å². The number of hydrogen-bond donors (Lipinski definition) is 1. The van der Waals surface area contributed by atoms with Crippen molar-refractivity contribution in [2.75, 3.05) is 31.8 Å². The molecule has 0 radical (unpaired) electrons. The van der Waals surface area contributed by atoms with Crippen LogP contribution in [0.2, 0.25) is 0 Å². The van der Waals surface area contributed by atoms with E-state index in [0.29, 0.717) is 30.8 Å². The van der Waals surface area contributed by atoms with Crippen molar-refractivity contribution in [2.24, 2.45) is 0 Å². The van der Waals surface area contributed by atoms with E-state index in [1.165, 1.54) is 11.3 Å². The third-order valence-electron chi connectivity index (χ3n) is 4.87. The number of anilines is 1. The second-order valence-electron chi connectivity index (χ2n) is 7.86. The Kier molecular flexibility index (Phi) is 5.52. The molecule has 0 spiro atoms. The molecule has 1 saturated heterocycles. The largest absolute Gasteiger partial charge is 0.382 e. The average Bonchev–Trinajstić information content (AvgIpc) is 3.13. The molecule has 0 aliphatic carbocycles. The van der Waals surface area contributed by atoms with Gasteiger partial charge in [-0.05, 0) is 61.4 Å². The average molecular weight is 491 g/mol. The highest BCUT2D eigenvalue weighted by Crippen LogP contribution is 2.38. The molecule has 1 aromatic carbocycles. The third kappa shape index (κ3) is 3.92. The molecular formula is C20H23BrN6O2S. The van der Waals surface area contributed by atoms with Gasteiger partial charge in [-0.15, -0.1) is 0 Å². The second-order valence-corrected chi connectivity index (χ2v) is 9.69. The zero-order valence-corrected chi connectivity index (χ0v) is 19.7. The lowest BCUT2D eigenvalue weighted by Crippen LogP contribution is -2.56. The molecular weight excluding hydrogens is 468 g/mol. The van der Waals surface area contributed by atoms with Crippen LogP contribution in [0.3, 0.4) is 0 Å². The molecule has 10 heteroatoms. The van der Waals surface area contributed by atoms with Gasteiger partial charge in [-0.1, -0.05) is 11.3 Å². The second kappa shape index (κ2) is 7.84. The Hall–Kier alpha value is -2.14. The van der Waals surface area contributed by atoms with Gasteiger partial charge in [0, 0.05) is 29.0 Å². The lowest BCUT2D eigenvalue weighted by Gasteiger charge is -2.38. The molecule has 1 fully saturated rings. The van der Waals surface area contributed by atoms with Gasteiger partial charge in [-0.25, -0.2) is 19.7 Å². The van der Waals surface area contributed by atoms with Gasteiger partial charge in [0.15, 0.2) is 11.0 Å². The first kappa shape index (κ1) is 21.1. The van der Waals surface area contributed by atoms with Crippen molar-refractivity contribution in [1.29, 1.82) is 0 Å². The van der Waals surface area contributed by atoms with E-state index in [1.807, 2.05) is 26.1 Å². The molecule has 1 aliphatic rings. The van der Waals surface area contributed by atoms with Crippen molar-refractivity contribution >= 4 is 48.6 Å². The van der Waals surface area contributed by atoms with E-state index >= 15 is 0 Å². The monoisotopic (exact) mass is 490 g/mol. The zero-order valence-electron chi connectivity index (χ0n) is 17.3. The van der Waals surface area contributed by atoms with Crippen LogP contribution < -0.4 is 4.90 Å². The summed E-state index contributed by atoms with van der Waals surface area (Å²) in [6, 6.07) is 3.94. The van der Waals surface area contributed by atoms with Crippen LogP contribution in [0.25, 0.3) is 21.3 Å². The molecule has 8 nitrogen and oxygen atoms in total. The number of aromatic nitrogens is 3. The zero-order chi connectivity index (χ0) is 21.6. The standard InChI is InChI=1S/C20H23BrN6O2S/c1-5-26-10-25(4)11-27(19(26)28)18-24-15-7-12(6-14(21)16(15)30-18)13-8-22-17(23-9-13)20(2,3)29/h6-9,29H,5,10-11H2,1-4H3. The van der Waals surface area contributed by atoms with Gasteiger partial charge < -0.3 is 10.0 Å². The lowest BCUT2D eigenvalue weighted by atomic mass is 10.1. The maximum absolute atomic E-state index is 12.8. The summed E-state index contributed by atoms with van der Waals surface area (Å²) in [6.45, 7) is 7.05. The summed E-state index contributed by atoms with van der Waals surface area (Å²) in [5, 5.41) is 10.7. The molecule has 4 rings (SSSR count). The molecule has 0 unspecified atom stereocenters. The minimum atomic E-state index is -1.09. The van der Waals surface area contributed by atoms with Crippen LogP contribution in [0.4, 0.5) is 9.93 Å². The highest BCUT2D eigenvalue weighted by molar-refractivity contribution is 9.10. The molecule has 2 aromatic heterocycles. The number of amides is 2. The van der Waals surface area contributed by atoms with Crippen LogP contribution in [0.1, 0.15) is 26.6 Å². The van der Waals surface area contributed by atoms with E-state index in [4.69, 9.17) is 4.98 Å². The molecule has 3 heterocycles. The number of rotatable bonds is 4. The van der Waals surface area contributed by atoms with Crippen LogP contribution in [-0.4, -0.2) is 62.8 Å². The van der Waals surface area contributed by atoms with Crippen LogP contribution in [0.5, 0.6) is 0 Å². The lowest BCUT2D eigenvalue weighted by molar-refractivity contribution is 0.0687.